The van der Waals surface area contributed by atoms with E-state index >= 15 is 0 Å². The maximum absolute atomic E-state index is 10.2. The minimum absolute atomic E-state index is 0. The predicted molar refractivity (Wildman–Crippen MR) is 158 cm³/mol. The van der Waals surface area contributed by atoms with Crippen molar-refractivity contribution < 1.29 is 49.2 Å². The van der Waals surface area contributed by atoms with Crippen molar-refractivity contribution in [1.29, 1.82) is 0 Å². The first-order valence-electron chi connectivity index (χ1n) is 10.0. The monoisotopic (exact) mass is 640 g/mol. The van der Waals surface area contributed by atoms with Gasteiger partial charge in [-0.15, -0.1) is 22.7 Å². The van der Waals surface area contributed by atoms with E-state index in [4.69, 9.17) is 9.97 Å². The van der Waals surface area contributed by atoms with E-state index in [0.29, 0.717) is 0 Å². The smallest absolute Gasteiger partial charge is 0.507 e. The third kappa shape index (κ3) is 6.55. The molecule has 8 heteroatoms. The van der Waals surface area contributed by atoms with Crippen molar-refractivity contribution in [3.05, 3.63) is 115 Å². The average molecular weight is 643 g/mol. The van der Waals surface area contributed by atoms with Gasteiger partial charge in [0.05, 0.1) is 31.6 Å². The molecule has 4 nitrogen and oxygen atoms in total. The number of benzene rings is 4. The number of hydrogen-bond acceptors (Lipinski definition) is 6. The molecule has 2 N–H and O–H groups in total. The van der Waals surface area contributed by atoms with Crippen LogP contribution < -0.4 is 0 Å². The molecular formula is C30H28N2O2S2Zn2. The van der Waals surface area contributed by atoms with Gasteiger partial charge in [-0.05, 0) is 59.7 Å². The summed E-state index contributed by atoms with van der Waals surface area (Å²) in [6.07, 6.45) is 0. The van der Waals surface area contributed by atoms with Gasteiger partial charge in [-0.2, -0.15) is 0 Å². The molecule has 0 aliphatic heterocycles. The fourth-order valence-corrected chi connectivity index (χ4v) is 5.83. The first kappa shape index (κ1) is 35.5. The van der Waals surface area contributed by atoms with Crippen molar-refractivity contribution in [1.82, 2.24) is 9.97 Å². The van der Waals surface area contributed by atoms with Crippen LogP contribution in [0.4, 0.5) is 0 Å². The van der Waals surface area contributed by atoms with Gasteiger partial charge in [0.2, 0.25) is 0 Å². The standard InChI is InChI=1S/C26H16N2O2S2.4CH3.2Zn/c29-21-7-3-1-5-17(21)25-27-19-11-9-15(13-23(19)31-25)16-10-12-20-24(14-16)32-26(28-20)18-6-2-4-8-22(18)30;;;;;;/h1-14,29-30H;4*1H3;;/q;4*-1;2*+2. The Morgan fingerprint density at radius 3 is 1.24 bits per heavy atom. The number of hydrogen-bond donors (Lipinski definition) is 2. The van der Waals surface area contributed by atoms with Gasteiger partial charge in [0.1, 0.15) is 21.5 Å². The fourth-order valence-electron chi connectivity index (χ4n) is 3.75. The van der Waals surface area contributed by atoms with Gasteiger partial charge in [0, 0.05) is 0 Å². The van der Waals surface area contributed by atoms with Crippen LogP contribution in [0, 0.1) is 29.7 Å². The zero-order chi connectivity index (χ0) is 21.7. The van der Waals surface area contributed by atoms with E-state index in [1.165, 1.54) is 0 Å². The van der Waals surface area contributed by atoms with Crippen molar-refractivity contribution in [3.63, 3.8) is 0 Å². The van der Waals surface area contributed by atoms with Gasteiger partial charge in [0.25, 0.3) is 0 Å². The van der Waals surface area contributed by atoms with Crippen molar-refractivity contribution in [3.8, 4) is 43.8 Å². The SMILES string of the molecule is Oc1ccccc1-c1nc2ccc(-c3ccc4nc(-c5ccccc5O)sc4c3)cc2s1.[CH3-].[CH3-].[CH3-].[CH3-].[Zn+2].[Zn+2]. The molecule has 0 fully saturated rings. The average Bonchev–Trinajstić information content (AvgIpc) is 3.42. The second kappa shape index (κ2) is 14.6. The quantitative estimate of drug-likeness (QED) is 0.149. The van der Waals surface area contributed by atoms with Gasteiger partial charge >= 0.3 is 39.0 Å². The zero-order valence-corrected chi connectivity index (χ0v) is 29.7. The molecule has 38 heavy (non-hydrogen) atoms. The largest absolute Gasteiger partial charge is 2.00 e. The van der Waals surface area contributed by atoms with Crippen molar-refractivity contribution in [2.24, 2.45) is 0 Å². The minimum Gasteiger partial charge on any atom is -0.507 e. The molecule has 0 aliphatic rings. The summed E-state index contributed by atoms with van der Waals surface area (Å²) in [5.41, 5.74) is 5.53. The topological polar surface area (TPSA) is 66.2 Å². The Balaban J connectivity index is 0.00000228. The number of aromatic hydroxyl groups is 2. The van der Waals surface area contributed by atoms with E-state index in [9.17, 15) is 10.2 Å². The van der Waals surface area contributed by atoms with Crippen LogP contribution in [0.15, 0.2) is 84.9 Å². The first-order chi connectivity index (χ1) is 15.7. The van der Waals surface area contributed by atoms with Crippen molar-refractivity contribution >= 4 is 43.1 Å². The van der Waals surface area contributed by atoms with Crippen LogP contribution >= 0.6 is 22.7 Å². The van der Waals surface area contributed by atoms with Crippen LogP contribution in [0.2, 0.25) is 0 Å². The molecule has 0 atom stereocenters. The number of fused-ring (bicyclic) bond motifs is 2. The molecular weight excluding hydrogens is 615 g/mol. The molecule has 0 saturated carbocycles. The molecule has 0 aliphatic carbocycles. The molecule has 0 bridgehead atoms. The summed E-state index contributed by atoms with van der Waals surface area (Å²) in [7, 11) is 0. The normalized spacial score (nSPS) is 9.58. The minimum atomic E-state index is 0. The van der Waals surface area contributed by atoms with Crippen LogP contribution in [0.3, 0.4) is 0 Å². The summed E-state index contributed by atoms with van der Waals surface area (Å²) in [6.45, 7) is 0. The summed E-state index contributed by atoms with van der Waals surface area (Å²) in [5.74, 6) is 0.477. The molecule has 2 heterocycles. The Kier molecular flexibility index (Phi) is 13.6. The number of rotatable bonds is 3. The summed E-state index contributed by atoms with van der Waals surface area (Å²) in [6, 6.07) is 27.0. The van der Waals surface area contributed by atoms with Gasteiger partial charge in [-0.1, -0.05) is 36.4 Å². The molecule has 0 saturated heterocycles. The molecule has 0 unspecified atom stereocenters. The Bertz CT molecular complexity index is 1510. The zero-order valence-electron chi connectivity index (χ0n) is 22.1. The molecule has 6 rings (SSSR count). The molecule has 0 amide bonds. The number of para-hydroxylation sites is 2. The molecule has 0 radical (unpaired) electrons. The van der Waals surface area contributed by atoms with Crippen molar-refractivity contribution in [2.45, 2.75) is 0 Å². The fraction of sp³-hybridized carbons (Fsp3) is 0. The molecule has 4 aromatic carbocycles. The van der Waals surface area contributed by atoms with E-state index in [-0.39, 0.29) is 80.2 Å². The Labute approximate surface area is 259 Å². The van der Waals surface area contributed by atoms with Crippen LogP contribution in [0.25, 0.3) is 52.7 Å². The number of phenols is 2. The van der Waals surface area contributed by atoms with E-state index in [0.717, 1.165) is 52.7 Å². The van der Waals surface area contributed by atoms with Crippen molar-refractivity contribution in [2.75, 3.05) is 0 Å². The molecule has 2 aromatic heterocycles. The third-order valence-electron chi connectivity index (χ3n) is 5.38. The first-order valence-corrected chi connectivity index (χ1v) is 11.7. The van der Waals surface area contributed by atoms with E-state index in [1.807, 2.05) is 48.5 Å². The van der Waals surface area contributed by atoms with E-state index < -0.39 is 0 Å². The second-order valence-corrected chi connectivity index (χ2v) is 9.50. The van der Waals surface area contributed by atoms with Crippen LogP contribution in [0.5, 0.6) is 11.5 Å². The number of thiazole rings is 2. The van der Waals surface area contributed by atoms with Gasteiger partial charge < -0.3 is 39.9 Å². The Morgan fingerprint density at radius 2 is 0.868 bits per heavy atom. The van der Waals surface area contributed by atoms with Crippen LogP contribution in [0.1, 0.15) is 0 Å². The van der Waals surface area contributed by atoms with Gasteiger partial charge in [-0.25, -0.2) is 9.97 Å². The summed E-state index contributed by atoms with van der Waals surface area (Å²) < 4.78 is 2.14. The number of phenolic OH excluding ortho intramolecular Hbond substituents is 2. The molecule has 0 spiro atoms. The van der Waals surface area contributed by atoms with Gasteiger partial charge in [0.15, 0.2) is 0 Å². The maximum atomic E-state index is 10.2. The number of nitrogens with zero attached hydrogens (tertiary/aromatic N) is 2. The summed E-state index contributed by atoms with van der Waals surface area (Å²) in [5, 5.41) is 22.0. The van der Waals surface area contributed by atoms with Gasteiger partial charge in [-0.3, -0.25) is 0 Å². The Hall–Kier alpha value is -2.49. The molecule has 6 aromatic rings. The van der Waals surface area contributed by atoms with E-state index in [1.54, 1.807) is 34.8 Å². The summed E-state index contributed by atoms with van der Waals surface area (Å²) in [4.78, 5) is 9.40. The van der Waals surface area contributed by atoms with E-state index in [2.05, 4.69) is 24.3 Å². The second-order valence-electron chi connectivity index (χ2n) is 7.44. The number of aromatic nitrogens is 2. The van der Waals surface area contributed by atoms with Crippen LogP contribution in [-0.4, -0.2) is 20.2 Å². The van der Waals surface area contributed by atoms with Crippen LogP contribution in [-0.2, 0) is 39.0 Å². The molecule has 186 valence electrons. The summed E-state index contributed by atoms with van der Waals surface area (Å²) >= 11 is 3.14. The third-order valence-corrected chi connectivity index (χ3v) is 7.48. The maximum Gasteiger partial charge on any atom is 2.00 e. The predicted octanol–water partition coefficient (Wildman–Crippen LogP) is 9.11. The Morgan fingerprint density at radius 1 is 0.500 bits per heavy atom.